The highest BCUT2D eigenvalue weighted by Gasteiger charge is 2.23. The van der Waals surface area contributed by atoms with Crippen LogP contribution in [0.1, 0.15) is 6.42 Å². The lowest BCUT2D eigenvalue weighted by molar-refractivity contribution is -0.152. The van der Waals surface area contributed by atoms with Gasteiger partial charge < -0.3 is 14.5 Å². The van der Waals surface area contributed by atoms with Crippen LogP contribution in [0, 0.1) is 5.82 Å². The normalized spacial score (nSPS) is 13.9. The molecule has 3 aromatic rings. The minimum Gasteiger partial charge on any atom is -0.456 e. The average molecular weight is 438 g/mol. The number of para-hydroxylation sites is 2. The summed E-state index contributed by atoms with van der Waals surface area (Å²) in [6.07, 6.45) is 1.35. The summed E-state index contributed by atoms with van der Waals surface area (Å²) in [5, 5.41) is 0.480. The lowest BCUT2D eigenvalue weighted by Gasteiger charge is -2.36. The van der Waals surface area contributed by atoms with Crippen molar-refractivity contribution in [3.8, 4) is 0 Å². The molecule has 1 fully saturated rings. The lowest BCUT2D eigenvalue weighted by atomic mass is 10.2. The van der Waals surface area contributed by atoms with Gasteiger partial charge in [0.1, 0.15) is 5.82 Å². The second-order valence-corrected chi connectivity index (χ2v) is 7.49. The molecule has 0 saturated carbocycles. The third-order valence-corrected chi connectivity index (χ3v) is 5.47. The van der Waals surface area contributed by atoms with Crippen LogP contribution in [0.15, 0.2) is 59.7 Å². The van der Waals surface area contributed by atoms with Crippen LogP contribution in [0.5, 0.6) is 0 Å². The molecule has 0 N–H and O–H groups in total. The summed E-state index contributed by atoms with van der Waals surface area (Å²) in [5.74, 6) is -1.15. The van der Waals surface area contributed by atoms with E-state index < -0.39 is 5.97 Å². The molecule has 166 valence electrons. The number of benzene rings is 2. The second kappa shape index (κ2) is 9.59. The van der Waals surface area contributed by atoms with E-state index >= 15 is 0 Å². The van der Waals surface area contributed by atoms with E-state index in [2.05, 4.69) is 4.98 Å². The van der Waals surface area contributed by atoms with Gasteiger partial charge in [0.15, 0.2) is 6.61 Å². The number of amides is 1. The molecule has 8 nitrogen and oxygen atoms in total. The summed E-state index contributed by atoms with van der Waals surface area (Å²) < 4.78 is 20.4. The Morgan fingerprint density at radius 1 is 1.00 bits per heavy atom. The number of fused-ring (bicyclic) bond motifs is 1. The predicted molar refractivity (Wildman–Crippen MR) is 117 cm³/mol. The maximum Gasteiger partial charge on any atom is 0.308 e. The summed E-state index contributed by atoms with van der Waals surface area (Å²) in [7, 11) is 0. The molecule has 0 radical (unpaired) electrons. The van der Waals surface area contributed by atoms with Crippen LogP contribution >= 0.6 is 0 Å². The summed E-state index contributed by atoms with van der Waals surface area (Å²) >= 11 is 0. The predicted octanol–water partition coefficient (Wildman–Crippen LogP) is 1.82. The number of piperazine rings is 1. The molecule has 2 heterocycles. The summed E-state index contributed by atoms with van der Waals surface area (Å²) in [6, 6.07) is 13.5. The third kappa shape index (κ3) is 4.77. The van der Waals surface area contributed by atoms with Crippen molar-refractivity contribution in [3.63, 3.8) is 0 Å². The van der Waals surface area contributed by atoms with Gasteiger partial charge in [-0.15, -0.1) is 0 Å². The summed E-state index contributed by atoms with van der Waals surface area (Å²) in [5.41, 5.74) is 0.883. The van der Waals surface area contributed by atoms with E-state index in [0.29, 0.717) is 42.8 Å². The number of hydrogen-bond donors (Lipinski definition) is 0. The Kier molecular flexibility index (Phi) is 6.44. The Bertz CT molecular complexity index is 1190. The number of carbonyl (C=O) groups excluding carboxylic acids is 2. The zero-order chi connectivity index (χ0) is 22.5. The van der Waals surface area contributed by atoms with Crippen molar-refractivity contribution in [1.82, 2.24) is 14.5 Å². The van der Waals surface area contributed by atoms with Gasteiger partial charge in [0.25, 0.3) is 11.5 Å². The highest BCUT2D eigenvalue weighted by molar-refractivity contribution is 5.81. The Labute approximate surface area is 183 Å². The summed E-state index contributed by atoms with van der Waals surface area (Å²) in [4.78, 5) is 44.6. The fourth-order valence-electron chi connectivity index (χ4n) is 3.69. The average Bonchev–Trinajstić information content (AvgIpc) is 2.83. The monoisotopic (exact) mass is 438 g/mol. The Hall–Kier alpha value is -3.75. The molecule has 0 unspecified atom stereocenters. The van der Waals surface area contributed by atoms with Crippen LogP contribution in [0.2, 0.25) is 0 Å². The number of esters is 1. The van der Waals surface area contributed by atoms with Crippen LogP contribution in [0.4, 0.5) is 10.1 Å². The number of carbonyl (C=O) groups is 2. The van der Waals surface area contributed by atoms with Gasteiger partial charge in [-0.25, -0.2) is 9.37 Å². The van der Waals surface area contributed by atoms with Crippen molar-refractivity contribution in [2.45, 2.75) is 13.0 Å². The van der Waals surface area contributed by atoms with Crippen molar-refractivity contribution in [2.24, 2.45) is 0 Å². The molecule has 0 aliphatic carbocycles. The number of aryl methyl sites for hydroxylation is 1. The molecule has 32 heavy (non-hydrogen) atoms. The Balaban J connectivity index is 1.23. The zero-order valence-electron chi connectivity index (χ0n) is 17.4. The van der Waals surface area contributed by atoms with Crippen LogP contribution in [0.25, 0.3) is 10.9 Å². The number of aromatic nitrogens is 2. The van der Waals surface area contributed by atoms with Gasteiger partial charge in [0, 0.05) is 32.7 Å². The first kappa shape index (κ1) is 21.5. The molecule has 0 bridgehead atoms. The largest absolute Gasteiger partial charge is 0.456 e. The Morgan fingerprint density at radius 3 is 2.50 bits per heavy atom. The van der Waals surface area contributed by atoms with Crippen LogP contribution in [-0.4, -0.2) is 59.1 Å². The number of nitrogens with zero attached hydrogens (tertiary/aromatic N) is 4. The van der Waals surface area contributed by atoms with E-state index in [4.69, 9.17) is 4.74 Å². The summed E-state index contributed by atoms with van der Waals surface area (Å²) in [6.45, 7) is 1.59. The van der Waals surface area contributed by atoms with E-state index in [-0.39, 0.29) is 36.9 Å². The van der Waals surface area contributed by atoms with Gasteiger partial charge in [-0.3, -0.25) is 19.0 Å². The third-order valence-electron chi connectivity index (χ3n) is 5.47. The van der Waals surface area contributed by atoms with Crippen molar-refractivity contribution in [1.29, 1.82) is 0 Å². The minimum atomic E-state index is -0.566. The first-order chi connectivity index (χ1) is 15.5. The van der Waals surface area contributed by atoms with E-state index in [9.17, 15) is 18.8 Å². The van der Waals surface area contributed by atoms with Crippen LogP contribution in [0.3, 0.4) is 0 Å². The molecule has 1 amide bonds. The highest BCUT2D eigenvalue weighted by Crippen LogP contribution is 2.20. The maximum atomic E-state index is 13.9. The highest BCUT2D eigenvalue weighted by atomic mass is 19.1. The molecular formula is C23H23FN4O4. The molecule has 4 rings (SSSR count). The molecule has 1 aliphatic heterocycles. The maximum absolute atomic E-state index is 13.9. The van der Waals surface area contributed by atoms with E-state index in [1.807, 2.05) is 4.90 Å². The molecule has 1 aliphatic rings. The SMILES string of the molecule is O=C(CCn1cnc2ccccc2c1=O)OCC(=O)N1CCN(c2ccccc2F)CC1. The van der Waals surface area contributed by atoms with E-state index in [1.165, 1.54) is 17.0 Å². The smallest absolute Gasteiger partial charge is 0.308 e. The van der Waals surface area contributed by atoms with Gasteiger partial charge in [-0.05, 0) is 24.3 Å². The first-order valence-corrected chi connectivity index (χ1v) is 10.4. The molecule has 1 saturated heterocycles. The van der Waals surface area contributed by atoms with Gasteiger partial charge in [-0.2, -0.15) is 0 Å². The van der Waals surface area contributed by atoms with Crippen molar-refractivity contribution >= 4 is 28.5 Å². The Morgan fingerprint density at radius 2 is 1.72 bits per heavy atom. The van der Waals surface area contributed by atoms with E-state index in [0.717, 1.165) is 0 Å². The number of halogens is 1. The van der Waals surface area contributed by atoms with Gasteiger partial charge in [0.2, 0.25) is 0 Å². The van der Waals surface area contributed by atoms with Gasteiger partial charge >= 0.3 is 5.97 Å². The van der Waals surface area contributed by atoms with Gasteiger partial charge in [0.05, 0.1) is 29.3 Å². The van der Waals surface area contributed by atoms with Crippen molar-refractivity contribution < 1.29 is 18.7 Å². The van der Waals surface area contributed by atoms with Gasteiger partial charge in [-0.1, -0.05) is 24.3 Å². The molecule has 9 heteroatoms. The fourth-order valence-corrected chi connectivity index (χ4v) is 3.69. The number of ether oxygens (including phenoxy) is 1. The topological polar surface area (TPSA) is 84.7 Å². The molecule has 2 aromatic carbocycles. The fraction of sp³-hybridized carbons (Fsp3) is 0.304. The first-order valence-electron chi connectivity index (χ1n) is 10.4. The number of rotatable bonds is 6. The molecule has 0 spiro atoms. The van der Waals surface area contributed by atoms with Crippen LogP contribution in [-0.2, 0) is 20.9 Å². The number of hydrogen-bond acceptors (Lipinski definition) is 6. The molecular weight excluding hydrogens is 415 g/mol. The van der Waals surface area contributed by atoms with E-state index in [1.54, 1.807) is 47.4 Å². The second-order valence-electron chi connectivity index (χ2n) is 7.49. The lowest BCUT2D eigenvalue weighted by Crippen LogP contribution is -2.50. The number of anilines is 1. The quantitative estimate of drug-likeness (QED) is 0.546. The molecule has 0 atom stereocenters. The molecule has 1 aromatic heterocycles. The standard InChI is InChI=1S/C23H23FN4O4/c24-18-6-2-4-8-20(18)26-11-13-27(14-12-26)21(29)15-32-22(30)9-10-28-16-25-19-7-3-1-5-17(19)23(28)31/h1-8,16H,9-15H2. The van der Waals surface area contributed by atoms with Crippen LogP contribution < -0.4 is 10.5 Å². The van der Waals surface area contributed by atoms with Crippen molar-refractivity contribution in [3.05, 3.63) is 71.0 Å². The zero-order valence-corrected chi connectivity index (χ0v) is 17.4. The minimum absolute atomic E-state index is 0.0474. The van der Waals surface area contributed by atoms with Crippen molar-refractivity contribution in [2.75, 3.05) is 37.7 Å².